The van der Waals surface area contributed by atoms with Gasteiger partial charge < -0.3 is 5.11 Å². The third kappa shape index (κ3) is 1.74. The molecular weight excluding hydrogens is 272 g/mol. The molecule has 0 unspecified atom stereocenters. The van der Waals surface area contributed by atoms with Gasteiger partial charge in [-0.05, 0) is 86.0 Å². The van der Waals surface area contributed by atoms with Gasteiger partial charge in [0.2, 0.25) is 0 Å². The third-order valence-corrected chi connectivity index (χ3v) is 8.53. The molecule has 2 heteroatoms. The molecule has 122 valence electrons. The molecular formula is C20H30O2. The van der Waals surface area contributed by atoms with Crippen LogP contribution in [0.3, 0.4) is 0 Å². The highest BCUT2D eigenvalue weighted by atomic mass is 16.3. The molecule has 0 heterocycles. The SMILES string of the molecule is CC1=CC(=O)C[C@@H]2CC[C@H]3[C@@H]4CC[C@@H](O)[C@@]4(C)CC[C@@H]3[C@@]12C. The van der Waals surface area contributed by atoms with Crippen molar-refractivity contribution in [3.05, 3.63) is 11.6 Å². The van der Waals surface area contributed by atoms with Gasteiger partial charge in [0.1, 0.15) is 0 Å². The van der Waals surface area contributed by atoms with Crippen LogP contribution < -0.4 is 0 Å². The van der Waals surface area contributed by atoms with Gasteiger partial charge in [0.25, 0.3) is 0 Å². The Balaban J connectivity index is 1.72. The van der Waals surface area contributed by atoms with Crippen molar-refractivity contribution in [3.8, 4) is 0 Å². The van der Waals surface area contributed by atoms with Crippen LogP contribution in [0.25, 0.3) is 0 Å². The maximum absolute atomic E-state index is 12.0. The van der Waals surface area contributed by atoms with E-state index in [4.69, 9.17) is 0 Å². The molecule has 0 radical (unpaired) electrons. The largest absolute Gasteiger partial charge is 0.393 e. The molecule has 0 aromatic rings. The number of carbonyl (C=O) groups excluding carboxylic acids is 1. The fourth-order valence-corrected chi connectivity index (χ4v) is 7.03. The van der Waals surface area contributed by atoms with E-state index in [-0.39, 0.29) is 16.9 Å². The number of hydrogen-bond donors (Lipinski definition) is 1. The minimum Gasteiger partial charge on any atom is -0.393 e. The molecule has 7 atom stereocenters. The zero-order valence-corrected chi connectivity index (χ0v) is 14.3. The number of ketones is 1. The Kier molecular flexibility index (Phi) is 3.18. The Hall–Kier alpha value is -0.630. The van der Waals surface area contributed by atoms with Gasteiger partial charge in [0, 0.05) is 6.42 Å². The van der Waals surface area contributed by atoms with E-state index < -0.39 is 0 Å². The van der Waals surface area contributed by atoms with E-state index in [1.807, 2.05) is 6.08 Å². The quantitative estimate of drug-likeness (QED) is 0.730. The molecule has 0 bridgehead atoms. The molecule has 0 aliphatic heterocycles. The van der Waals surface area contributed by atoms with Crippen LogP contribution >= 0.6 is 0 Å². The number of aliphatic hydroxyl groups is 1. The summed E-state index contributed by atoms with van der Waals surface area (Å²) in [5.74, 6) is 3.08. The molecule has 2 nitrogen and oxygen atoms in total. The van der Waals surface area contributed by atoms with Crippen molar-refractivity contribution in [1.82, 2.24) is 0 Å². The first-order valence-electron chi connectivity index (χ1n) is 9.27. The van der Waals surface area contributed by atoms with Crippen molar-refractivity contribution in [2.45, 2.75) is 71.8 Å². The van der Waals surface area contributed by atoms with Gasteiger partial charge >= 0.3 is 0 Å². The Morgan fingerprint density at radius 1 is 1.09 bits per heavy atom. The normalized spacial score (nSPS) is 54.3. The van der Waals surface area contributed by atoms with E-state index in [1.54, 1.807) is 0 Å². The fourth-order valence-electron chi connectivity index (χ4n) is 7.03. The van der Waals surface area contributed by atoms with E-state index in [2.05, 4.69) is 20.8 Å². The van der Waals surface area contributed by atoms with Crippen molar-refractivity contribution in [2.75, 3.05) is 0 Å². The Morgan fingerprint density at radius 3 is 2.64 bits per heavy atom. The van der Waals surface area contributed by atoms with Crippen molar-refractivity contribution in [2.24, 2.45) is 34.5 Å². The Morgan fingerprint density at radius 2 is 1.86 bits per heavy atom. The lowest BCUT2D eigenvalue weighted by Gasteiger charge is -2.60. The molecule has 3 saturated carbocycles. The predicted octanol–water partition coefficient (Wildman–Crippen LogP) is 4.13. The maximum Gasteiger partial charge on any atom is 0.155 e. The summed E-state index contributed by atoms with van der Waals surface area (Å²) >= 11 is 0. The Labute approximate surface area is 134 Å². The van der Waals surface area contributed by atoms with Crippen molar-refractivity contribution < 1.29 is 9.90 Å². The molecule has 4 rings (SSSR count). The second-order valence-corrected chi connectivity index (χ2v) is 9.07. The second kappa shape index (κ2) is 4.69. The van der Waals surface area contributed by atoms with E-state index in [0.717, 1.165) is 24.7 Å². The van der Waals surface area contributed by atoms with Gasteiger partial charge in [-0.2, -0.15) is 0 Å². The average molecular weight is 302 g/mol. The second-order valence-electron chi connectivity index (χ2n) is 9.07. The molecule has 0 aromatic carbocycles. The molecule has 4 aliphatic rings. The standard InChI is InChI=1S/C20H30O2/c1-12-10-14(21)11-13-4-5-15-16-6-7-18(22)19(16,2)9-8-17(15)20(12,13)3/h10,13,15-18,22H,4-9,11H2,1-3H3/t13-,15-,16-,17-,18+,19-,20-/m0/s1. The molecule has 0 aromatic heterocycles. The number of carbonyl (C=O) groups is 1. The number of hydrogen-bond acceptors (Lipinski definition) is 2. The van der Waals surface area contributed by atoms with Gasteiger partial charge in [0.15, 0.2) is 5.78 Å². The van der Waals surface area contributed by atoms with E-state index >= 15 is 0 Å². The van der Waals surface area contributed by atoms with Gasteiger partial charge in [-0.3, -0.25) is 4.79 Å². The summed E-state index contributed by atoms with van der Waals surface area (Å²) < 4.78 is 0. The van der Waals surface area contributed by atoms with Gasteiger partial charge in [-0.15, -0.1) is 0 Å². The summed E-state index contributed by atoms with van der Waals surface area (Å²) in [6, 6.07) is 0. The monoisotopic (exact) mass is 302 g/mol. The number of fused-ring (bicyclic) bond motifs is 5. The van der Waals surface area contributed by atoms with Crippen LogP contribution in [-0.2, 0) is 4.79 Å². The summed E-state index contributed by atoms with van der Waals surface area (Å²) in [6.07, 6.45) is 9.71. The number of allylic oxidation sites excluding steroid dienone is 2. The molecule has 1 N–H and O–H groups in total. The zero-order valence-electron chi connectivity index (χ0n) is 14.3. The smallest absolute Gasteiger partial charge is 0.155 e. The fraction of sp³-hybridized carbons (Fsp3) is 0.850. The summed E-state index contributed by atoms with van der Waals surface area (Å²) in [5.41, 5.74) is 1.73. The predicted molar refractivity (Wildman–Crippen MR) is 87.3 cm³/mol. The number of aliphatic hydroxyl groups excluding tert-OH is 1. The van der Waals surface area contributed by atoms with Crippen molar-refractivity contribution >= 4 is 5.78 Å². The van der Waals surface area contributed by atoms with Crippen LogP contribution in [0.1, 0.15) is 65.7 Å². The molecule has 4 aliphatic carbocycles. The van der Waals surface area contributed by atoms with Gasteiger partial charge in [-0.1, -0.05) is 19.4 Å². The average Bonchev–Trinajstić information content (AvgIpc) is 2.77. The topological polar surface area (TPSA) is 37.3 Å². The molecule has 0 amide bonds. The molecule has 22 heavy (non-hydrogen) atoms. The highest BCUT2D eigenvalue weighted by Gasteiger charge is 2.60. The summed E-state index contributed by atoms with van der Waals surface area (Å²) in [6.45, 7) is 6.98. The lowest BCUT2D eigenvalue weighted by molar-refractivity contribution is -0.125. The lowest BCUT2D eigenvalue weighted by atomic mass is 9.45. The highest BCUT2D eigenvalue weighted by Crippen LogP contribution is 2.66. The first-order chi connectivity index (χ1) is 10.4. The van der Waals surface area contributed by atoms with Crippen LogP contribution in [0.4, 0.5) is 0 Å². The first kappa shape index (κ1) is 14.9. The molecule has 0 saturated heterocycles. The molecule has 3 fully saturated rings. The van der Waals surface area contributed by atoms with Crippen molar-refractivity contribution in [3.63, 3.8) is 0 Å². The van der Waals surface area contributed by atoms with Gasteiger partial charge in [0.05, 0.1) is 6.10 Å². The first-order valence-corrected chi connectivity index (χ1v) is 9.27. The zero-order chi connectivity index (χ0) is 15.7. The minimum absolute atomic E-state index is 0.0893. The Bertz CT molecular complexity index is 536. The third-order valence-electron chi connectivity index (χ3n) is 8.53. The van der Waals surface area contributed by atoms with E-state index in [1.165, 1.54) is 37.7 Å². The highest BCUT2D eigenvalue weighted by molar-refractivity contribution is 5.91. The maximum atomic E-state index is 12.0. The summed E-state index contributed by atoms with van der Waals surface area (Å²) in [5, 5.41) is 10.5. The van der Waals surface area contributed by atoms with Crippen LogP contribution in [0.2, 0.25) is 0 Å². The van der Waals surface area contributed by atoms with E-state index in [0.29, 0.717) is 17.6 Å². The summed E-state index contributed by atoms with van der Waals surface area (Å²) in [4.78, 5) is 12.0. The van der Waals surface area contributed by atoms with Gasteiger partial charge in [-0.25, -0.2) is 0 Å². The number of rotatable bonds is 0. The van der Waals surface area contributed by atoms with E-state index in [9.17, 15) is 9.90 Å². The van der Waals surface area contributed by atoms with Crippen LogP contribution in [0, 0.1) is 34.5 Å². The van der Waals surface area contributed by atoms with Crippen molar-refractivity contribution in [1.29, 1.82) is 0 Å². The van der Waals surface area contributed by atoms with Crippen LogP contribution in [-0.4, -0.2) is 17.0 Å². The minimum atomic E-state index is -0.0893. The summed E-state index contributed by atoms with van der Waals surface area (Å²) in [7, 11) is 0. The van der Waals surface area contributed by atoms with Crippen LogP contribution in [0.15, 0.2) is 11.6 Å². The molecule has 0 spiro atoms. The van der Waals surface area contributed by atoms with Crippen LogP contribution in [0.5, 0.6) is 0 Å². The lowest BCUT2D eigenvalue weighted by Crippen LogP contribution is -2.54.